The Hall–Kier alpha value is -1.63. The van der Waals surface area contributed by atoms with E-state index in [9.17, 15) is 14.4 Å². The molecule has 3 N–H and O–H groups in total. The van der Waals surface area contributed by atoms with E-state index in [1.54, 1.807) is 6.92 Å². The molecule has 7 heteroatoms. The maximum Gasteiger partial charge on any atom is 0.322 e. The van der Waals surface area contributed by atoms with Gasteiger partial charge in [0.25, 0.3) is 0 Å². The Balaban J connectivity index is 4.52. The fourth-order valence-corrected chi connectivity index (χ4v) is 1.51. The van der Waals surface area contributed by atoms with E-state index in [2.05, 4.69) is 20.7 Å². The number of ether oxygens (including phenoxy) is 1. The Morgan fingerprint density at radius 1 is 1.16 bits per heavy atom. The lowest BCUT2D eigenvalue weighted by atomic mass is 10.0. The van der Waals surface area contributed by atoms with Crippen molar-refractivity contribution in [3.05, 3.63) is 0 Å². The van der Waals surface area contributed by atoms with Crippen LogP contribution in [0.25, 0.3) is 0 Å². The molecule has 0 aliphatic carbocycles. The van der Waals surface area contributed by atoms with E-state index in [1.807, 2.05) is 13.8 Å². The number of hydrogen-bond donors (Lipinski definition) is 3. The molecule has 0 saturated carbocycles. The van der Waals surface area contributed by atoms with E-state index in [-0.39, 0.29) is 5.92 Å². The number of carbonyl (C=O) groups is 3. The fraction of sp³-hybridized carbons (Fsp3) is 0.750. The molecular formula is C12H23N3O4. The second-order valence-corrected chi connectivity index (χ2v) is 4.66. The van der Waals surface area contributed by atoms with Crippen molar-refractivity contribution in [1.82, 2.24) is 16.0 Å². The lowest BCUT2D eigenvalue weighted by molar-refractivity contribution is -0.144. The average Bonchev–Trinajstić information content (AvgIpc) is 2.35. The smallest absolute Gasteiger partial charge is 0.322 e. The van der Waals surface area contributed by atoms with Crippen LogP contribution in [0.4, 0.5) is 4.79 Å². The van der Waals surface area contributed by atoms with Gasteiger partial charge in [0.1, 0.15) is 6.04 Å². The number of esters is 1. The zero-order valence-electron chi connectivity index (χ0n) is 12.1. The summed E-state index contributed by atoms with van der Waals surface area (Å²) < 4.78 is 4.68. The molecule has 0 aromatic carbocycles. The van der Waals surface area contributed by atoms with E-state index in [1.165, 1.54) is 14.2 Å². The Kier molecular flexibility index (Phi) is 7.74. The highest BCUT2D eigenvalue weighted by atomic mass is 16.5. The summed E-state index contributed by atoms with van der Waals surface area (Å²) >= 11 is 0. The minimum Gasteiger partial charge on any atom is -0.468 e. The summed E-state index contributed by atoms with van der Waals surface area (Å²) in [6.07, 6.45) is 0.546. The zero-order valence-corrected chi connectivity index (χ0v) is 12.1. The molecule has 19 heavy (non-hydrogen) atoms. The van der Waals surface area contributed by atoms with Crippen molar-refractivity contribution >= 4 is 17.9 Å². The third-order valence-electron chi connectivity index (χ3n) is 2.50. The quantitative estimate of drug-likeness (QED) is 0.592. The minimum atomic E-state index is -0.680. The van der Waals surface area contributed by atoms with E-state index >= 15 is 0 Å². The first-order valence-corrected chi connectivity index (χ1v) is 6.18. The molecule has 0 aromatic rings. The van der Waals surface area contributed by atoms with Crippen LogP contribution in [0.15, 0.2) is 0 Å². The first-order chi connectivity index (χ1) is 8.81. The van der Waals surface area contributed by atoms with Crippen molar-refractivity contribution < 1.29 is 19.1 Å². The molecule has 0 heterocycles. The summed E-state index contributed by atoms with van der Waals surface area (Å²) in [4.78, 5) is 34.3. The topological polar surface area (TPSA) is 96.5 Å². The molecule has 0 saturated heterocycles. The molecule has 0 radical (unpaired) electrons. The van der Waals surface area contributed by atoms with Crippen molar-refractivity contribution in [2.45, 2.75) is 39.3 Å². The molecular weight excluding hydrogens is 250 g/mol. The normalized spacial score (nSPS) is 13.6. The first-order valence-electron chi connectivity index (χ1n) is 6.18. The fourth-order valence-electron chi connectivity index (χ4n) is 1.51. The Morgan fingerprint density at radius 2 is 1.74 bits per heavy atom. The maximum absolute atomic E-state index is 11.7. The third-order valence-corrected chi connectivity index (χ3v) is 2.50. The van der Waals surface area contributed by atoms with E-state index < -0.39 is 30.0 Å². The van der Waals surface area contributed by atoms with Crippen LogP contribution >= 0.6 is 0 Å². The number of rotatable bonds is 6. The highest BCUT2D eigenvalue weighted by molar-refractivity contribution is 5.96. The molecule has 3 amide bonds. The van der Waals surface area contributed by atoms with Gasteiger partial charge in [0.05, 0.1) is 13.2 Å². The summed E-state index contributed by atoms with van der Waals surface area (Å²) in [6.45, 7) is 5.51. The first kappa shape index (κ1) is 17.4. The zero-order chi connectivity index (χ0) is 15.0. The van der Waals surface area contributed by atoms with Crippen LogP contribution in [0.2, 0.25) is 0 Å². The predicted molar refractivity (Wildman–Crippen MR) is 70.5 cm³/mol. The lowest BCUT2D eigenvalue weighted by Crippen LogP contribution is -2.52. The van der Waals surface area contributed by atoms with Gasteiger partial charge >= 0.3 is 12.0 Å². The Bertz CT molecular complexity index is 331. The summed E-state index contributed by atoms with van der Waals surface area (Å²) in [7, 11) is 2.71. The van der Waals surface area contributed by atoms with Crippen LogP contribution in [-0.4, -0.2) is 44.1 Å². The van der Waals surface area contributed by atoms with E-state index in [4.69, 9.17) is 0 Å². The van der Waals surface area contributed by atoms with Gasteiger partial charge in [-0.2, -0.15) is 0 Å². The molecule has 110 valence electrons. The monoisotopic (exact) mass is 273 g/mol. The molecule has 0 aliphatic rings. The van der Waals surface area contributed by atoms with Crippen molar-refractivity contribution in [3.63, 3.8) is 0 Å². The summed E-state index contributed by atoms with van der Waals surface area (Å²) in [5, 5.41) is 7.28. The van der Waals surface area contributed by atoms with Crippen LogP contribution in [0.1, 0.15) is 27.2 Å². The van der Waals surface area contributed by atoms with E-state index in [0.29, 0.717) is 6.42 Å². The minimum absolute atomic E-state index is 0.269. The Morgan fingerprint density at radius 3 is 2.16 bits per heavy atom. The van der Waals surface area contributed by atoms with Gasteiger partial charge in [-0.3, -0.25) is 20.2 Å². The molecule has 2 unspecified atom stereocenters. The van der Waals surface area contributed by atoms with Crippen LogP contribution in [0, 0.1) is 5.92 Å². The van der Waals surface area contributed by atoms with Gasteiger partial charge in [-0.1, -0.05) is 13.8 Å². The van der Waals surface area contributed by atoms with Crippen molar-refractivity contribution in [2.75, 3.05) is 14.2 Å². The molecule has 7 nitrogen and oxygen atoms in total. The number of imide groups is 1. The van der Waals surface area contributed by atoms with Gasteiger partial charge in [-0.05, 0) is 19.3 Å². The number of carbonyl (C=O) groups excluding carboxylic acids is 3. The second kappa shape index (κ2) is 8.47. The van der Waals surface area contributed by atoms with Crippen LogP contribution < -0.4 is 16.0 Å². The van der Waals surface area contributed by atoms with Gasteiger partial charge < -0.3 is 10.1 Å². The lowest BCUT2D eigenvalue weighted by Gasteiger charge is -2.22. The number of methoxy groups -OCH3 is 1. The highest BCUT2D eigenvalue weighted by Gasteiger charge is 2.25. The molecule has 0 aromatic heterocycles. The van der Waals surface area contributed by atoms with Gasteiger partial charge in [-0.25, -0.2) is 4.79 Å². The number of hydrogen-bond acceptors (Lipinski definition) is 5. The van der Waals surface area contributed by atoms with Crippen molar-refractivity contribution in [1.29, 1.82) is 0 Å². The summed E-state index contributed by atoms with van der Waals surface area (Å²) in [6, 6.07) is -1.84. The van der Waals surface area contributed by atoms with Crippen LogP contribution in [0.5, 0.6) is 0 Å². The van der Waals surface area contributed by atoms with Crippen molar-refractivity contribution in [2.24, 2.45) is 5.92 Å². The molecule has 2 atom stereocenters. The number of nitrogens with one attached hydrogen (secondary N) is 3. The highest BCUT2D eigenvalue weighted by Crippen LogP contribution is 2.07. The molecule has 0 aliphatic heterocycles. The van der Waals surface area contributed by atoms with Gasteiger partial charge in [0.2, 0.25) is 5.91 Å². The average molecular weight is 273 g/mol. The van der Waals surface area contributed by atoms with Gasteiger partial charge in [-0.15, -0.1) is 0 Å². The number of urea groups is 1. The Labute approximate surface area is 113 Å². The van der Waals surface area contributed by atoms with Crippen molar-refractivity contribution in [3.8, 4) is 0 Å². The summed E-state index contributed by atoms with van der Waals surface area (Å²) in [5.74, 6) is -0.656. The predicted octanol–water partition coefficient (Wildman–Crippen LogP) is 0.00780. The number of amides is 3. The second-order valence-electron chi connectivity index (χ2n) is 4.66. The van der Waals surface area contributed by atoms with Crippen LogP contribution in [-0.2, 0) is 14.3 Å². The largest absolute Gasteiger partial charge is 0.468 e. The van der Waals surface area contributed by atoms with E-state index in [0.717, 1.165) is 0 Å². The standard InChI is InChI=1S/C12H23N3O4/c1-7(2)6-9(11(17)19-5)14-8(3)10(16)15-12(18)13-4/h7-9,14H,6H2,1-5H3,(H2,13,15,16,18). The molecule has 0 rings (SSSR count). The third kappa shape index (κ3) is 6.76. The maximum atomic E-state index is 11.7. The SMILES string of the molecule is CNC(=O)NC(=O)C(C)NC(CC(C)C)C(=O)OC. The summed E-state index contributed by atoms with van der Waals surface area (Å²) in [5.41, 5.74) is 0. The molecule has 0 bridgehead atoms. The van der Waals surface area contributed by atoms with Gasteiger partial charge in [0, 0.05) is 7.05 Å². The van der Waals surface area contributed by atoms with Gasteiger partial charge in [0.15, 0.2) is 0 Å². The van der Waals surface area contributed by atoms with Crippen LogP contribution in [0.3, 0.4) is 0 Å². The molecule has 0 fully saturated rings. The molecule has 0 spiro atoms.